The van der Waals surface area contributed by atoms with E-state index in [-0.39, 0.29) is 29.7 Å². The van der Waals surface area contributed by atoms with Crippen molar-refractivity contribution in [3.05, 3.63) is 89.5 Å². The molecule has 3 aromatic carbocycles. The molecule has 1 aliphatic rings. The molecule has 7 heteroatoms. The Kier molecular flexibility index (Phi) is 7.65. The van der Waals surface area contributed by atoms with E-state index in [1.807, 2.05) is 50.2 Å². The topological polar surface area (TPSA) is 79.8 Å². The Hall–Kier alpha value is -3.58. The van der Waals surface area contributed by atoms with Gasteiger partial charge in [-0.2, -0.15) is 5.10 Å². The number of nitrogens with zero attached hydrogens (tertiary/aromatic N) is 1. The molecule has 2 amide bonds. The van der Waals surface area contributed by atoms with Gasteiger partial charge in [-0.15, -0.1) is 11.8 Å². The molecular weight excluding hydrogens is 446 g/mol. The monoisotopic (exact) mass is 473 g/mol. The van der Waals surface area contributed by atoms with E-state index in [2.05, 4.69) is 40.1 Å². The number of hydrogen-bond acceptors (Lipinski definition) is 5. The molecule has 0 aromatic heterocycles. The number of fused-ring (bicyclic) bond motifs is 3. The number of amides is 2. The Bertz CT molecular complexity index is 1150. The molecule has 0 bridgehead atoms. The lowest BCUT2D eigenvalue weighted by Gasteiger charge is -2.12. The zero-order chi connectivity index (χ0) is 23.9. The first kappa shape index (κ1) is 23.6. The molecule has 2 N–H and O–H groups in total. The molecule has 34 heavy (non-hydrogen) atoms. The number of ether oxygens (including phenoxy) is 1. The summed E-state index contributed by atoms with van der Waals surface area (Å²) in [5, 5.41) is 6.98. The van der Waals surface area contributed by atoms with E-state index < -0.39 is 0 Å². The highest BCUT2D eigenvalue weighted by molar-refractivity contribution is 8.00. The number of carbonyl (C=O) groups is 2. The van der Waals surface area contributed by atoms with Crippen molar-refractivity contribution in [2.45, 2.75) is 25.1 Å². The highest BCUT2D eigenvalue weighted by Crippen LogP contribution is 2.49. The van der Waals surface area contributed by atoms with Gasteiger partial charge in [-0.05, 0) is 65.9 Å². The molecular formula is C27H27N3O3S. The van der Waals surface area contributed by atoms with Crippen molar-refractivity contribution in [1.82, 2.24) is 10.7 Å². The van der Waals surface area contributed by atoms with Crippen molar-refractivity contribution >= 4 is 29.8 Å². The number of hydrogen-bond donors (Lipinski definition) is 2. The summed E-state index contributed by atoms with van der Waals surface area (Å²) in [6.45, 7) is 3.77. The minimum Gasteiger partial charge on any atom is -0.484 e. The maximum absolute atomic E-state index is 12.4. The summed E-state index contributed by atoms with van der Waals surface area (Å²) < 4.78 is 5.47. The van der Waals surface area contributed by atoms with E-state index >= 15 is 0 Å². The van der Waals surface area contributed by atoms with Crippen LogP contribution >= 0.6 is 11.8 Å². The molecule has 0 fully saturated rings. The van der Waals surface area contributed by atoms with Gasteiger partial charge in [-0.3, -0.25) is 9.59 Å². The lowest BCUT2D eigenvalue weighted by atomic mass is 10.1. The number of carbonyl (C=O) groups excluding carboxylic acids is 2. The van der Waals surface area contributed by atoms with E-state index in [0.717, 1.165) is 5.56 Å². The van der Waals surface area contributed by atoms with Crippen LogP contribution in [-0.4, -0.2) is 36.4 Å². The number of nitrogens with one attached hydrogen (secondary N) is 2. The number of hydrazone groups is 1. The predicted molar refractivity (Wildman–Crippen MR) is 137 cm³/mol. The van der Waals surface area contributed by atoms with Crippen LogP contribution in [0.15, 0.2) is 77.9 Å². The van der Waals surface area contributed by atoms with Gasteiger partial charge in [0.15, 0.2) is 6.61 Å². The van der Waals surface area contributed by atoms with E-state index in [0.29, 0.717) is 11.5 Å². The summed E-state index contributed by atoms with van der Waals surface area (Å²) in [4.78, 5) is 24.0. The summed E-state index contributed by atoms with van der Waals surface area (Å²) >= 11 is 1.60. The predicted octanol–water partition coefficient (Wildman–Crippen LogP) is 4.54. The van der Waals surface area contributed by atoms with Crippen LogP contribution in [0, 0.1) is 0 Å². The lowest BCUT2D eigenvalue weighted by molar-refractivity contribution is -0.123. The zero-order valence-electron chi connectivity index (χ0n) is 19.2. The van der Waals surface area contributed by atoms with Crippen LogP contribution in [0.5, 0.6) is 5.75 Å². The molecule has 1 aliphatic carbocycles. The van der Waals surface area contributed by atoms with Gasteiger partial charge in [0, 0.05) is 6.04 Å². The summed E-state index contributed by atoms with van der Waals surface area (Å²) in [6.07, 6.45) is 1.58. The van der Waals surface area contributed by atoms with Crippen LogP contribution in [-0.2, 0) is 9.59 Å². The van der Waals surface area contributed by atoms with Crippen LogP contribution < -0.4 is 15.5 Å². The van der Waals surface area contributed by atoms with E-state index in [1.54, 1.807) is 30.1 Å². The molecule has 3 aromatic rings. The SMILES string of the molecule is CC(C)NC(=O)COc1ccc(/C=N/NC(=O)CSC2c3ccccc3-c3ccccc32)cc1. The fourth-order valence-electron chi connectivity index (χ4n) is 3.82. The maximum atomic E-state index is 12.4. The second-order valence-corrected chi connectivity index (χ2v) is 9.33. The summed E-state index contributed by atoms with van der Waals surface area (Å²) in [5.74, 6) is 0.578. The first-order valence-corrected chi connectivity index (χ1v) is 12.2. The normalized spacial score (nSPS) is 12.4. The average Bonchev–Trinajstić information content (AvgIpc) is 3.15. The van der Waals surface area contributed by atoms with Gasteiger partial charge in [-0.1, -0.05) is 48.5 Å². The number of rotatable bonds is 9. The van der Waals surface area contributed by atoms with Crippen LogP contribution in [0.3, 0.4) is 0 Å². The van der Waals surface area contributed by atoms with Crippen LogP contribution in [0.4, 0.5) is 0 Å². The quantitative estimate of drug-likeness (QED) is 0.353. The Morgan fingerprint density at radius 2 is 1.56 bits per heavy atom. The Labute approximate surface area is 203 Å². The van der Waals surface area contributed by atoms with Gasteiger partial charge in [0.2, 0.25) is 5.91 Å². The minimum absolute atomic E-state index is 0.0325. The van der Waals surface area contributed by atoms with Gasteiger partial charge in [0.25, 0.3) is 5.91 Å². The third-order valence-corrected chi connectivity index (χ3v) is 6.53. The van der Waals surface area contributed by atoms with Crippen LogP contribution in [0.25, 0.3) is 11.1 Å². The molecule has 4 rings (SSSR count). The molecule has 6 nitrogen and oxygen atoms in total. The maximum Gasteiger partial charge on any atom is 0.258 e. The second kappa shape index (κ2) is 11.0. The molecule has 0 radical (unpaired) electrons. The largest absolute Gasteiger partial charge is 0.484 e. The highest BCUT2D eigenvalue weighted by atomic mass is 32.2. The number of thioether (sulfide) groups is 1. The van der Waals surface area contributed by atoms with Gasteiger partial charge < -0.3 is 10.1 Å². The molecule has 174 valence electrons. The Balaban J connectivity index is 1.26. The summed E-state index contributed by atoms with van der Waals surface area (Å²) in [5.41, 5.74) is 8.38. The fourth-order valence-corrected chi connectivity index (χ4v) is 4.97. The Morgan fingerprint density at radius 1 is 0.941 bits per heavy atom. The third kappa shape index (κ3) is 5.85. The van der Waals surface area contributed by atoms with Crippen LogP contribution in [0.2, 0.25) is 0 Å². The van der Waals surface area contributed by atoms with Crippen molar-refractivity contribution in [3.8, 4) is 16.9 Å². The summed E-state index contributed by atoms with van der Waals surface area (Å²) in [6, 6.07) is 23.9. The Morgan fingerprint density at radius 3 is 2.18 bits per heavy atom. The first-order chi connectivity index (χ1) is 16.5. The van der Waals surface area contributed by atoms with Gasteiger partial charge >= 0.3 is 0 Å². The van der Waals surface area contributed by atoms with E-state index in [9.17, 15) is 9.59 Å². The second-order valence-electron chi connectivity index (χ2n) is 8.24. The molecule has 0 aliphatic heterocycles. The summed E-state index contributed by atoms with van der Waals surface area (Å²) in [7, 11) is 0. The van der Waals surface area contributed by atoms with Crippen molar-refractivity contribution < 1.29 is 14.3 Å². The van der Waals surface area contributed by atoms with Gasteiger partial charge in [0.1, 0.15) is 5.75 Å². The smallest absolute Gasteiger partial charge is 0.258 e. The molecule has 0 saturated heterocycles. The molecule has 0 atom stereocenters. The first-order valence-electron chi connectivity index (χ1n) is 11.1. The minimum atomic E-state index is -0.161. The molecule has 0 spiro atoms. The van der Waals surface area contributed by atoms with E-state index in [1.165, 1.54) is 22.3 Å². The fraction of sp³-hybridized carbons (Fsp3) is 0.222. The van der Waals surface area contributed by atoms with Crippen LogP contribution in [0.1, 0.15) is 35.8 Å². The van der Waals surface area contributed by atoms with Crippen molar-refractivity contribution in [2.24, 2.45) is 5.10 Å². The molecule has 0 saturated carbocycles. The van der Waals surface area contributed by atoms with Crippen molar-refractivity contribution in [2.75, 3.05) is 12.4 Å². The van der Waals surface area contributed by atoms with Crippen molar-refractivity contribution in [3.63, 3.8) is 0 Å². The van der Waals surface area contributed by atoms with Gasteiger partial charge in [-0.25, -0.2) is 5.43 Å². The standard InChI is InChI=1S/C27H27N3O3S/c1-18(2)29-25(31)16-33-20-13-11-19(12-14-20)15-28-30-26(32)17-34-27-23-9-5-3-7-21(23)22-8-4-6-10-24(22)27/h3-15,18,27H,16-17H2,1-2H3,(H,29,31)(H,30,32)/b28-15+. The molecule has 0 heterocycles. The lowest BCUT2D eigenvalue weighted by Crippen LogP contribution is -2.34. The number of benzene rings is 3. The van der Waals surface area contributed by atoms with Crippen molar-refractivity contribution in [1.29, 1.82) is 0 Å². The molecule has 0 unspecified atom stereocenters. The van der Waals surface area contributed by atoms with E-state index in [4.69, 9.17) is 4.74 Å². The average molecular weight is 474 g/mol. The zero-order valence-corrected chi connectivity index (χ0v) is 20.0. The van der Waals surface area contributed by atoms with Gasteiger partial charge in [0.05, 0.1) is 17.2 Å². The third-order valence-electron chi connectivity index (χ3n) is 5.26. The highest BCUT2D eigenvalue weighted by Gasteiger charge is 2.28.